The Kier molecular flexibility index (Phi) is 8.06. The van der Waals surface area contributed by atoms with E-state index >= 15 is 0 Å². The van der Waals surface area contributed by atoms with Crippen LogP contribution >= 0.6 is 0 Å². The third-order valence-electron chi connectivity index (χ3n) is 5.52. The molecule has 0 spiro atoms. The molecule has 0 amide bonds. The molecule has 2 N–H and O–H groups in total. The van der Waals surface area contributed by atoms with Gasteiger partial charge in [-0.25, -0.2) is 14.4 Å². The molecule has 1 fully saturated rings. The number of aliphatic hydroxyl groups excluding tert-OH is 2. The molecule has 1 aliphatic heterocycles. The minimum absolute atomic E-state index is 0.207. The highest BCUT2D eigenvalue weighted by Gasteiger charge is 2.51. The van der Waals surface area contributed by atoms with Crippen molar-refractivity contribution in [2.45, 2.75) is 30.7 Å². The average Bonchev–Trinajstić information content (AvgIpc) is 3.20. The largest absolute Gasteiger partial charge is 0.458 e. The topological polar surface area (TPSA) is 129 Å². The van der Waals surface area contributed by atoms with Crippen LogP contribution in [0.15, 0.2) is 91.0 Å². The smallest absolute Gasteiger partial charge is 0.338 e. The molecule has 5 unspecified atom stereocenters. The zero-order valence-corrected chi connectivity index (χ0v) is 19.0. The number of benzene rings is 3. The van der Waals surface area contributed by atoms with Crippen LogP contribution < -0.4 is 0 Å². The monoisotopic (exact) mass is 492 g/mol. The second-order valence-electron chi connectivity index (χ2n) is 7.99. The van der Waals surface area contributed by atoms with Crippen LogP contribution in [0.5, 0.6) is 0 Å². The standard InChI is InChI=1S/C27H24O9/c28-21-23(36-26(31)19-14-8-3-9-15-19)22(35-27(21)32)20(34-25(30)18-12-6-2-7-13-18)16-33-24(29)17-10-4-1-5-11-17/h1-15,20-23,27-28,32H,16H2. The zero-order chi connectivity index (χ0) is 25.5. The molecule has 4 rings (SSSR count). The van der Waals surface area contributed by atoms with Gasteiger partial charge in [-0.2, -0.15) is 0 Å². The van der Waals surface area contributed by atoms with Crippen molar-refractivity contribution in [3.63, 3.8) is 0 Å². The number of carbonyl (C=O) groups is 3. The lowest BCUT2D eigenvalue weighted by atomic mass is 10.1. The van der Waals surface area contributed by atoms with Gasteiger partial charge in [-0.05, 0) is 36.4 Å². The fourth-order valence-electron chi connectivity index (χ4n) is 3.67. The fourth-order valence-corrected chi connectivity index (χ4v) is 3.67. The highest BCUT2D eigenvalue weighted by atomic mass is 16.7. The van der Waals surface area contributed by atoms with E-state index in [1.54, 1.807) is 66.7 Å². The SMILES string of the molecule is O=C(OCC(OC(=O)c1ccccc1)C1OC(O)C(O)C1OC(=O)c1ccccc1)c1ccccc1. The Morgan fingerprint density at radius 3 is 1.72 bits per heavy atom. The van der Waals surface area contributed by atoms with Gasteiger partial charge in [0.1, 0.15) is 18.8 Å². The van der Waals surface area contributed by atoms with Crippen molar-refractivity contribution in [3.8, 4) is 0 Å². The molecule has 1 aliphatic rings. The van der Waals surface area contributed by atoms with Crippen molar-refractivity contribution in [1.82, 2.24) is 0 Å². The number of hydrogen-bond acceptors (Lipinski definition) is 9. The number of ether oxygens (including phenoxy) is 4. The van der Waals surface area contributed by atoms with Crippen LogP contribution in [0.1, 0.15) is 31.1 Å². The normalized spacial score (nSPS) is 21.8. The van der Waals surface area contributed by atoms with E-state index in [1.165, 1.54) is 24.3 Å². The van der Waals surface area contributed by atoms with Crippen LogP contribution in [0.25, 0.3) is 0 Å². The summed E-state index contributed by atoms with van der Waals surface area (Å²) in [5.74, 6) is -2.23. The first-order valence-corrected chi connectivity index (χ1v) is 11.2. The minimum Gasteiger partial charge on any atom is -0.458 e. The molecular formula is C27H24O9. The Bertz CT molecular complexity index is 1170. The molecule has 0 aromatic heterocycles. The van der Waals surface area contributed by atoms with Crippen molar-refractivity contribution in [2.24, 2.45) is 0 Å². The Balaban J connectivity index is 1.56. The molecule has 3 aromatic carbocycles. The van der Waals surface area contributed by atoms with Gasteiger partial charge >= 0.3 is 17.9 Å². The van der Waals surface area contributed by atoms with Crippen LogP contribution in [-0.2, 0) is 18.9 Å². The van der Waals surface area contributed by atoms with Gasteiger partial charge in [0.05, 0.1) is 16.7 Å². The molecule has 1 heterocycles. The summed E-state index contributed by atoms with van der Waals surface area (Å²) in [6.45, 7) is -0.490. The molecule has 5 atom stereocenters. The third-order valence-corrected chi connectivity index (χ3v) is 5.52. The number of hydrogen-bond donors (Lipinski definition) is 2. The van der Waals surface area contributed by atoms with E-state index in [0.717, 1.165) is 0 Å². The quantitative estimate of drug-likeness (QED) is 0.360. The number of carbonyl (C=O) groups excluding carboxylic acids is 3. The van der Waals surface area contributed by atoms with Gasteiger partial charge in [-0.15, -0.1) is 0 Å². The maximum Gasteiger partial charge on any atom is 0.338 e. The summed E-state index contributed by atoms with van der Waals surface area (Å²) >= 11 is 0. The van der Waals surface area contributed by atoms with Crippen molar-refractivity contribution >= 4 is 17.9 Å². The van der Waals surface area contributed by atoms with Gasteiger partial charge in [-0.1, -0.05) is 54.6 Å². The van der Waals surface area contributed by atoms with Crippen LogP contribution in [0.3, 0.4) is 0 Å². The molecule has 3 aromatic rings. The summed E-state index contributed by atoms with van der Waals surface area (Å²) in [5, 5.41) is 20.6. The summed E-state index contributed by atoms with van der Waals surface area (Å²) in [6, 6.07) is 24.3. The average molecular weight is 492 g/mol. The molecule has 9 heteroatoms. The van der Waals surface area contributed by atoms with E-state index in [2.05, 4.69) is 0 Å². The summed E-state index contributed by atoms with van der Waals surface area (Å²) in [7, 11) is 0. The van der Waals surface area contributed by atoms with E-state index in [1.807, 2.05) is 0 Å². The van der Waals surface area contributed by atoms with Gasteiger partial charge in [0.15, 0.2) is 18.5 Å². The Labute approximate surface area is 206 Å². The van der Waals surface area contributed by atoms with Crippen LogP contribution in [0.4, 0.5) is 0 Å². The molecule has 0 radical (unpaired) electrons. The predicted octanol–water partition coefficient (Wildman–Crippen LogP) is 2.37. The van der Waals surface area contributed by atoms with E-state index < -0.39 is 55.2 Å². The summed E-state index contributed by atoms with van der Waals surface area (Å²) in [6.07, 6.45) is -7.45. The van der Waals surface area contributed by atoms with Gasteiger partial charge in [0.25, 0.3) is 0 Å². The molecular weight excluding hydrogens is 468 g/mol. The fraction of sp³-hybridized carbons (Fsp3) is 0.222. The van der Waals surface area contributed by atoms with Gasteiger partial charge < -0.3 is 29.2 Å². The second-order valence-corrected chi connectivity index (χ2v) is 7.99. The van der Waals surface area contributed by atoms with Crippen LogP contribution in [0, 0.1) is 0 Å². The zero-order valence-electron chi connectivity index (χ0n) is 19.0. The molecule has 1 saturated heterocycles. The van der Waals surface area contributed by atoms with Crippen molar-refractivity contribution in [2.75, 3.05) is 6.61 Å². The molecule has 0 aliphatic carbocycles. The maximum absolute atomic E-state index is 12.8. The van der Waals surface area contributed by atoms with Crippen molar-refractivity contribution < 1.29 is 43.5 Å². The maximum atomic E-state index is 12.8. The molecule has 9 nitrogen and oxygen atoms in total. The minimum atomic E-state index is -1.73. The Morgan fingerprint density at radius 1 is 0.722 bits per heavy atom. The van der Waals surface area contributed by atoms with Crippen molar-refractivity contribution in [3.05, 3.63) is 108 Å². The van der Waals surface area contributed by atoms with Crippen LogP contribution in [-0.4, -0.2) is 65.4 Å². The molecule has 186 valence electrons. The van der Waals surface area contributed by atoms with Crippen molar-refractivity contribution in [1.29, 1.82) is 0 Å². The summed E-state index contributed by atoms with van der Waals surface area (Å²) in [5.41, 5.74) is 0.692. The lowest BCUT2D eigenvalue weighted by molar-refractivity contribution is -0.152. The number of esters is 3. The van der Waals surface area contributed by atoms with E-state index in [-0.39, 0.29) is 16.7 Å². The van der Waals surface area contributed by atoms with E-state index in [0.29, 0.717) is 0 Å². The molecule has 0 bridgehead atoms. The molecule has 36 heavy (non-hydrogen) atoms. The summed E-state index contributed by atoms with van der Waals surface area (Å²) < 4.78 is 21.8. The van der Waals surface area contributed by atoms with Crippen LogP contribution in [0.2, 0.25) is 0 Å². The van der Waals surface area contributed by atoms with Gasteiger partial charge in [0.2, 0.25) is 0 Å². The van der Waals surface area contributed by atoms with E-state index in [4.69, 9.17) is 18.9 Å². The van der Waals surface area contributed by atoms with Gasteiger partial charge in [-0.3, -0.25) is 0 Å². The first kappa shape index (κ1) is 25.1. The first-order chi connectivity index (χ1) is 17.4. The lowest BCUT2D eigenvalue weighted by Gasteiger charge is -2.27. The highest BCUT2D eigenvalue weighted by molar-refractivity contribution is 5.90. The lowest BCUT2D eigenvalue weighted by Crippen LogP contribution is -2.46. The third kappa shape index (κ3) is 5.95. The van der Waals surface area contributed by atoms with E-state index in [9.17, 15) is 24.6 Å². The predicted molar refractivity (Wildman–Crippen MR) is 125 cm³/mol. The van der Waals surface area contributed by atoms with Gasteiger partial charge in [0, 0.05) is 0 Å². The summed E-state index contributed by atoms with van der Waals surface area (Å²) in [4.78, 5) is 37.9. The Morgan fingerprint density at radius 2 is 1.19 bits per heavy atom. The number of rotatable bonds is 8. The molecule has 0 saturated carbocycles. The number of aliphatic hydroxyl groups is 2. The first-order valence-electron chi connectivity index (χ1n) is 11.2. The second kappa shape index (κ2) is 11.6. The Hall–Kier alpha value is -4.05. The highest BCUT2D eigenvalue weighted by Crippen LogP contribution is 2.28.